The number of carbonyl (C=O) groups is 1. The number of benzene rings is 2. The largest absolute Gasteiger partial charge is 0.459 e. The number of aryl methyl sites for hydroxylation is 1. The van der Waals surface area contributed by atoms with Gasteiger partial charge in [-0.15, -0.1) is 0 Å². The van der Waals surface area contributed by atoms with Crippen molar-refractivity contribution in [2.24, 2.45) is 0 Å². The maximum Gasteiger partial charge on any atom is 0.459 e. The Hall–Kier alpha value is -2.20. The quantitative estimate of drug-likeness (QED) is 0.382. The average Bonchev–Trinajstić information content (AvgIpc) is 2.87. The summed E-state index contributed by atoms with van der Waals surface area (Å²) in [5.41, 5.74) is 0.610. The summed E-state index contributed by atoms with van der Waals surface area (Å²) in [5.74, 6) is -0.0383. The summed E-state index contributed by atoms with van der Waals surface area (Å²) in [4.78, 5) is 11.4. The summed E-state index contributed by atoms with van der Waals surface area (Å²) in [6, 6.07) is 12.8. The van der Waals surface area contributed by atoms with Crippen molar-refractivity contribution in [1.29, 1.82) is 0 Å². The summed E-state index contributed by atoms with van der Waals surface area (Å²) >= 11 is 0. The lowest BCUT2D eigenvalue weighted by Crippen LogP contribution is -2.41. The molecule has 172 valence electrons. The van der Waals surface area contributed by atoms with Crippen LogP contribution in [0.1, 0.15) is 51.8 Å². The van der Waals surface area contributed by atoms with Crippen molar-refractivity contribution in [1.82, 2.24) is 4.72 Å². The lowest BCUT2D eigenvalue weighted by Gasteiger charge is -2.32. The number of carbonyl (C=O) groups excluding carboxylic acids is 1. The van der Waals surface area contributed by atoms with E-state index in [0.29, 0.717) is 11.3 Å². The molecule has 0 aliphatic carbocycles. The monoisotopic (exact) mass is 459 g/mol. The summed E-state index contributed by atoms with van der Waals surface area (Å²) in [7, 11) is -4.40. The van der Waals surface area contributed by atoms with Gasteiger partial charge in [-0.25, -0.2) is 13.1 Å². The second kappa shape index (κ2) is 8.98. The standard InChI is InChI=1S/C23H30BNO6S/c1-16-7-13-20(14-8-16)32(27,28)25-21(15-24-30-22(3,4)23(5,6)31-24)18-9-11-19(12-10-18)29-17(2)26/h7-14,21,25H,15H2,1-6H3. The van der Waals surface area contributed by atoms with Crippen LogP contribution >= 0.6 is 0 Å². The summed E-state index contributed by atoms with van der Waals surface area (Å²) in [6.07, 6.45) is 0.269. The fraction of sp³-hybridized carbons (Fsp3) is 0.435. The average molecular weight is 459 g/mol. The van der Waals surface area contributed by atoms with Crippen LogP contribution in [-0.4, -0.2) is 32.7 Å². The van der Waals surface area contributed by atoms with E-state index in [1.54, 1.807) is 48.5 Å². The third-order valence-electron chi connectivity index (χ3n) is 5.90. The molecule has 2 aromatic carbocycles. The number of rotatable bonds is 7. The fourth-order valence-electron chi connectivity index (χ4n) is 3.41. The van der Waals surface area contributed by atoms with Crippen molar-refractivity contribution in [2.75, 3.05) is 0 Å². The van der Waals surface area contributed by atoms with Gasteiger partial charge in [-0.3, -0.25) is 4.79 Å². The second-order valence-corrected chi connectivity index (χ2v) is 10.8. The molecule has 2 aromatic rings. The Morgan fingerprint density at radius 2 is 1.53 bits per heavy atom. The van der Waals surface area contributed by atoms with Crippen LogP contribution in [0.25, 0.3) is 0 Å². The highest BCUT2D eigenvalue weighted by Crippen LogP contribution is 2.39. The first-order valence-electron chi connectivity index (χ1n) is 10.5. The zero-order chi connectivity index (χ0) is 23.7. The van der Waals surface area contributed by atoms with E-state index in [0.717, 1.165) is 5.56 Å². The number of ether oxygens (including phenoxy) is 1. The molecule has 0 spiro atoms. The minimum Gasteiger partial charge on any atom is -0.427 e. The molecule has 0 bridgehead atoms. The molecule has 1 unspecified atom stereocenters. The Labute approximate surface area is 190 Å². The Balaban J connectivity index is 1.89. The summed E-state index contributed by atoms with van der Waals surface area (Å²) < 4.78 is 46.3. The Morgan fingerprint density at radius 3 is 2.03 bits per heavy atom. The molecule has 1 atom stereocenters. The van der Waals surface area contributed by atoms with Gasteiger partial charge < -0.3 is 14.0 Å². The predicted octanol–water partition coefficient (Wildman–Crippen LogP) is 4.03. The molecule has 1 aliphatic heterocycles. The fourth-order valence-corrected chi connectivity index (χ4v) is 4.65. The molecule has 9 heteroatoms. The van der Waals surface area contributed by atoms with Gasteiger partial charge >= 0.3 is 13.1 Å². The summed E-state index contributed by atoms with van der Waals surface area (Å²) in [6.45, 7) is 11.0. The van der Waals surface area contributed by atoms with E-state index in [2.05, 4.69) is 4.72 Å². The van der Waals surface area contributed by atoms with E-state index in [4.69, 9.17) is 14.0 Å². The van der Waals surface area contributed by atoms with Crippen molar-refractivity contribution in [3.05, 3.63) is 59.7 Å². The Bertz CT molecular complexity index is 1050. The van der Waals surface area contributed by atoms with Crippen LogP contribution in [0, 0.1) is 6.92 Å². The first-order chi connectivity index (χ1) is 14.8. The minimum absolute atomic E-state index is 0.179. The molecule has 1 fully saturated rings. The van der Waals surface area contributed by atoms with E-state index in [1.807, 2.05) is 34.6 Å². The van der Waals surface area contributed by atoms with Crippen LogP contribution in [0.3, 0.4) is 0 Å². The van der Waals surface area contributed by atoms with Gasteiger partial charge in [0.2, 0.25) is 10.0 Å². The lowest BCUT2D eigenvalue weighted by atomic mass is 9.79. The van der Waals surface area contributed by atoms with Gasteiger partial charge in [0.1, 0.15) is 5.75 Å². The molecular weight excluding hydrogens is 429 g/mol. The van der Waals surface area contributed by atoms with E-state index in [9.17, 15) is 13.2 Å². The van der Waals surface area contributed by atoms with Crippen molar-refractivity contribution in [3.8, 4) is 5.75 Å². The molecule has 1 aliphatic rings. The number of hydrogen-bond donors (Lipinski definition) is 1. The van der Waals surface area contributed by atoms with E-state index < -0.39 is 40.4 Å². The third kappa shape index (κ3) is 5.59. The smallest absolute Gasteiger partial charge is 0.427 e. The topological polar surface area (TPSA) is 90.9 Å². The van der Waals surface area contributed by atoms with E-state index in [1.165, 1.54) is 6.92 Å². The highest BCUT2D eigenvalue weighted by Gasteiger charge is 2.51. The van der Waals surface area contributed by atoms with E-state index in [-0.39, 0.29) is 11.2 Å². The van der Waals surface area contributed by atoms with Crippen LogP contribution < -0.4 is 9.46 Å². The van der Waals surface area contributed by atoms with E-state index >= 15 is 0 Å². The molecule has 0 amide bonds. The highest BCUT2D eigenvalue weighted by atomic mass is 32.2. The first-order valence-corrected chi connectivity index (χ1v) is 12.0. The molecular formula is C23H30BNO6S. The van der Waals surface area contributed by atoms with Crippen molar-refractivity contribution in [3.63, 3.8) is 0 Å². The van der Waals surface area contributed by atoms with Crippen LogP contribution in [-0.2, 0) is 24.1 Å². The van der Waals surface area contributed by atoms with Crippen molar-refractivity contribution in [2.45, 2.75) is 70.0 Å². The van der Waals surface area contributed by atoms with Crippen LogP contribution in [0.15, 0.2) is 53.4 Å². The maximum absolute atomic E-state index is 13.1. The number of hydrogen-bond acceptors (Lipinski definition) is 6. The maximum atomic E-state index is 13.1. The number of sulfonamides is 1. The molecule has 3 rings (SSSR count). The molecule has 32 heavy (non-hydrogen) atoms. The third-order valence-corrected chi connectivity index (χ3v) is 7.39. The molecule has 1 N–H and O–H groups in total. The van der Waals surface area contributed by atoms with Gasteiger partial charge in [0.25, 0.3) is 0 Å². The predicted molar refractivity (Wildman–Crippen MR) is 123 cm³/mol. The molecule has 0 radical (unpaired) electrons. The Morgan fingerprint density at radius 1 is 1.00 bits per heavy atom. The lowest BCUT2D eigenvalue weighted by molar-refractivity contribution is -0.131. The van der Waals surface area contributed by atoms with Crippen LogP contribution in [0.2, 0.25) is 6.32 Å². The summed E-state index contributed by atoms with van der Waals surface area (Å²) in [5, 5.41) is 0. The van der Waals surface area contributed by atoms with Gasteiger partial charge in [0, 0.05) is 19.3 Å². The number of esters is 1. The SMILES string of the molecule is CC(=O)Oc1ccc(C(CB2OC(C)(C)C(C)(C)O2)NS(=O)(=O)c2ccc(C)cc2)cc1. The molecule has 0 aromatic heterocycles. The van der Waals surface area contributed by atoms with Gasteiger partial charge in [-0.2, -0.15) is 0 Å². The van der Waals surface area contributed by atoms with Crippen LogP contribution in [0.4, 0.5) is 0 Å². The van der Waals surface area contributed by atoms with Crippen molar-refractivity contribution >= 4 is 23.1 Å². The van der Waals surface area contributed by atoms with Crippen molar-refractivity contribution < 1.29 is 27.3 Å². The molecule has 0 saturated carbocycles. The first kappa shape index (κ1) is 24.4. The molecule has 7 nitrogen and oxygen atoms in total. The van der Waals surface area contributed by atoms with Gasteiger partial charge in [0.15, 0.2) is 0 Å². The zero-order valence-electron chi connectivity index (χ0n) is 19.3. The Kier molecular flexibility index (Phi) is 6.86. The van der Waals surface area contributed by atoms with Crippen LogP contribution in [0.5, 0.6) is 5.75 Å². The zero-order valence-corrected chi connectivity index (χ0v) is 20.2. The second-order valence-electron chi connectivity index (χ2n) is 9.07. The molecule has 1 saturated heterocycles. The molecule has 1 heterocycles. The van der Waals surface area contributed by atoms with Gasteiger partial charge in [-0.1, -0.05) is 29.8 Å². The number of nitrogens with one attached hydrogen (secondary N) is 1. The highest BCUT2D eigenvalue weighted by molar-refractivity contribution is 7.89. The van der Waals surface area contributed by atoms with Gasteiger partial charge in [-0.05, 0) is 64.4 Å². The normalized spacial score (nSPS) is 18.4. The minimum atomic E-state index is -3.80. The van der Waals surface area contributed by atoms with Gasteiger partial charge in [0.05, 0.1) is 16.1 Å².